The van der Waals surface area contributed by atoms with Crippen LogP contribution in [0.25, 0.3) is 0 Å². The Bertz CT molecular complexity index is 639. The van der Waals surface area contributed by atoms with Gasteiger partial charge in [0.1, 0.15) is 17.2 Å². The second kappa shape index (κ2) is 4.97. The van der Waals surface area contributed by atoms with Crippen molar-refractivity contribution in [2.24, 2.45) is 5.73 Å². The van der Waals surface area contributed by atoms with E-state index in [1.165, 1.54) is 12.3 Å². The summed E-state index contributed by atoms with van der Waals surface area (Å²) in [4.78, 5) is 14.9. The highest BCUT2D eigenvalue weighted by Crippen LogP contribution is 2.29. The molecule has 0 fully saturated rings. The molecule has 1 aromatic carbocycles. The molecule has 98 valence electrons. The van der Waals surface area contributed by atoms with Crippen LogP contribution in [0.3, 0.4) is 0 Å². The Labute approximate surface area is 111 Å². The molecule has 0 aliphatic heterocycles. The number of anilines is 1. The molecule has 0 saturated carbocycles. The van der Waals surface area contributed by atoms with E-state index in [9.17, 15) is 4.79 Å². The Hall–Kier alpha value is -2.56. The van der Waals surface area contributed by atoms with Gasteiger partial charge in [-0.05, 0) is 31.0 Å². The van der Waals surface area contributed by atoms with Crippen molar-refractivity contribution in [2.45, 2.75) is 13.8 Å². The summed E-state index contributed by atoms with van der Waals surface area (Å²) in [6.07, 6.45) is 1.47. The molecular weight excluding hydrogens is 242 g/mol. The molecule has 1 aromatic heterocycles. The number of carbonyl (C=O) groups is 1. The van der Waals surface area contributed by atoms with Crippen molar-refractivity contribution in [3.63, 3.8) is 0 Å². The number of aryl methyl sites for hydroxylation is 2. The summed E-state index contributed by atoms with van der Waals surface area (Å²) >= 11 is 0. The Balaban J connectivity index is 2.33. The molecule has 1 heterocycles. The van der Waals surface area contributed by atoms with Gasteiger partial charge in [-0.15, -0.1) is 0 Å². The number of aromatic nitrogens is 1. The molecule has 0 unspecified atom stereocenters. The molecule has 0 bridgehead atoms. The molecule has 5 nitrogen and oxygen atoms in total. The summed E-state index contributed by atoms with van der Waals surface area (Å²) in [5.41, 5.74) is 13.8. The van der Waals surface area contributed by atoms with Gasteiger partial charge in [-0.1, -0.05) is 6.07 Å². The topological polar surface area (TPSA) is 91.2 Å². The van der Waals surface area contributed by atoms with E-state index in [1.807, 2.05) is 19.9 Å². The number of benzene rings is 1. The SMILES string of the molecule is Cc1cc(C)c(Oc2ccnc(C(N)=O)c2)cc1N. The van der Waals surface area contributed by atoms with Crippen LogP contribution in [0.4, 0.5) is 5.69 Å². The van der Waals surface area contributed by atoms with Crippen LogP contribution >= 0.6 is 0 Å². The number of primary amides is 1. The van der Waals surface area contributed by atoms with E-state index in [-0.39, 0.29) is 5.69 Å². The third-order valence-corrected chi connectivity index (χ3v) is 2.78. The zero-order chi connectivity index (χ0) is 14.0. The highest BCUT2D eigenvalue weighted by Gasteiger charge is 2.07. The van der Waals surface area contributed by atoms with E-state index in [0.717, 1.165) is 11.1 Å². The van der Waals surface area contributed by atoms with E-state index < -0.39 is 5.91 Å². The quantitative estimate of drug-likeness (QED) is 0.824. The third kappa shape index (κ3) is 2.82. The Morgan fingerprint density at radius 3 is 2.63 bits per heavy atom. The zero-order valence-electron chi connectivity index (χ0n) is 10.8. The van der Waals surface area contributed by atoms with Crippen LogP contribution in [-0.4, -0.2) is 10.9 Å². The average Bonchev–Trinajstić information content (AvgIpc) is 2.36. The fourth-order valence-electron chi connectivity index (χ4n) is 1.69. The van der Waals surface area contributed by atoms with E-state index in [4.69, 9.17) is 16.2 Å². The summed E-state index contributed by atoms with van der Waals surface area (Å²) in [5.74, 6) is 0.547. The van der Waals surface area contributed by atoms with E-state index >= 15 is 0 Å². The average molecular weight is 257 g/mol. The lowest BCUT2D eigenvalue weighted by atomic mass is 10.1. The molecular formula is C14H15N3O2. The molecule has 2 aromatic rings. The van der Waals surface area contributed by atoms with Crippen LogP contribution in [0.15, 0.2) is 30.5 Å². The zero-order valence-corrected chi connectivity index (χ0v) is 10.8. The lowest BCUT2D eigenvalue weighted by Gasteiger charge is -2.11. The minimum atomic E-state index is -0.592. The van der Waals surface area contributed by atoms with Crippen molar-refractivity contribution < 1.29 is 9.53 Å². The van der Waals surface area contributed by atoms with Crippen molar-refractivity contribution in [1.29, 1.82) is 0 Å². The molecule has 0 radical (unpaired) electrons. The largest absolute Gasteiger partial charge is 0.457 e. The minimum absolute atomic E-state index is 0.162. The van der Waals surface area contributed by atoms with Gasteiger partial charge >= 0.3 is 0 Å². The van der Waals surface area contributed by atoms with E-state index in [0.29, 0.717) is 17.2 Å². The molecule has 5 heteroatoms. The standard InChI is InChI=1S/C14H15N3O2/c1-8-5-9(2)13(7-11(8)15)19-10-3-4-17-12(6-10)14(16)18/h3-7H,15H2,1-2H3,(H2,16,18). The van der Waals surface area contributed by atoms with Gasteiger partial charge in [0.05, 0.1) is 0 Å². The normalized spacial score (nSPS) is 10.2. The van der Waals surface area contributed by atoms with Crippen molar-refractivity contribution in [2.75, 3.05) is 5.73 Å². The summed E-state index contributed by atoms with van der Waals surface area (Å²) in [6.45, 7) is 3.86. The number of hydrogen-bond acceptors (Lipinski definition) is 4. The van der Waals surface area contributed by atoms with Gasteiger partial charge in [-0.25, -0.2) is 0 Å². The van der Waals surface area contributed by atoms with Gasteiger partial charge in [0.25, 0.3) is 5.91 Å². The molecule has 1 amide bonds. The fraction of sp³-hybridized carbons (Fsp3) is 0.143. The predicted octanol–water partition coefficient (Wildman–Crippen LogP) is 2.17. The number of nitrogens with zero attached hydrogens (tertiary/aromatic N) is 1. The smallest absolute Gasteiger partial charge is 0.267 e. The minimum Gasteiger partial charge on any atom is -0.457 e. The molecule has 0 saturated heterocycles. The Kier molecular flexibility index (Phi) is 3.37. The number of rotatable bonds is 3. The predicted molar refractivity (Wildman–Crippen MR) is 73.2 cm³/mol. The monoisotopic (exact) mass is 257 g/mol. The van der Waals surface area contributed by atoms with Crippen molar-refractivity contribution in [3.8, 4) is 11.5 Å². The van der Waals surface area contributed by atoms with Gasteiger partial charge in [-0.3, -0.25) is 9.78 Å². The molecule has 0 spiro atoms. The van der Waals surface area contributed by atoms with Crippen LogP contribution in [0.5, 0.6) is 11.5 Å². The van der Waals surface area contributed by atoms with Crippen molar-refractivity contribution >= 4 is 11.6 Å². The Morgan fingerprint density at radius 1 is 1.21 bits per heavy atom. The molecule has 0 aliphatic rings. The molecule has 0 aliphatic carbocycles. The van der Waals surface area contributed by atoms with Crippen LogP contribution in [-0.2, 0) is 0 Å². The number of carbonyl (C=O) groups excluding carboxylic acids is 1. The summed E-state index contributed by atoms with van der Waals surface area (Å²) in [5, 5.41) is 0. The van der Waals surface area contributed by atoms with Gasteiger partial charge in [0.15, 0.2) is 0 Å². The first kappa shape index (κ1) is 12.9. The van der Waals surface area contributed by atoms with Crippen LogP contribution in [0.1, 0.15) is 21.6 Å². The molecule has 0 atom stereocenters. The van der Waals surface area contributed by atoms with Gasteiger partial charge < -0.3 is 16.2 Å². The van der Waals surface area contributed by atoms with Crippen molar-refractivity contribution in [3.05, 3.63) is 47.3 Å². The lowest BCUT2D eigenvalue weighted by molar-refractivity contribution is 0.0995. The first-order valence-corrected chi connectivity index (χ1v) is 5.78. The Morgan fingerprint density at radius 2 is 1.95 bits per heavy atom. The number of hydrogen-bond donors (Lipinski definition) is 2. The first-order valence-electron chi connectivity index (χ1n) is 5.78. The first-order chi connectivity index (χ1) is 8.97. The van der Waals surface area contributed by atoms with E-state index in [1.54, 1.807) is 12.1 Å². The van der Waals surface area contributed by atoms with Gasteiger partial charge in [0, 0.05) is 24.0 Å². The summed E-state index contributed by atoms with van der Waals surface area (Å²) < 4.78 is 5.71. The third-order valence-electron chi connectivity index (χ3n) is 2.78. The number of nitrogens with two attached hydrogens (primary N) is 2. The van der Waals surface area contributed by atoms with Gasteiger partial charge in [-0.2, -0.15) is 0 Å². The van der Waals surface area contributed by atoms with E-state index in [2.05, 4.69) is 4.98 Å². The second-order valence-electron chi connectivity index (χ2n) is 4.32. The van der Waals surface area contributed by atoms with Crippen molar-refractivity contribution in [1.82, 2.24) is 4.98 Å². The molecule has 4 N–H and O–H groups in total. The highest BCUT2D eigenvalue weighted by molar-refractivity contribution is 5.91. The number of pyridine rings is 1. The highest BCUT2D eigenvalue weighted by atomic mass is 16.5. The maximum Gasteiger partial charge on any atom is 0.267 e. The molecule has 19 heavy (non-hydrogen) atoms. The second-order valence-corrected chi connectivity index (χ2v) is 4.32. The van der Waals surface area contributed by atoms with Crippen LogP contribution in [0, 0.1) is 13.8 Å². The van der Waals surface area contributed by atoms with Crippen LogP contribution < -0.4 is 16.2 Å². The lowest BCUT2D eigenvalue weighted by Crippen LogP contribution is -2.12. The maximum atomic E-state index is 11.1. The number of amides is 1. The number of ether oxygens (including phenoxy) is 1. The maximum absolute atomic E-state index is 11.1. The molecule has 2 rings (SSSR count). The van der Waals surface area contributed by atoms with Crippen LogP contribution in [0.2, 0.25) is 0 Å². The number of nitrogen functional groups attached to an aromatic ring is 1. The summed E-state index contributed by atoms with van der Waals surface area (Å²) in [7, 11) is 0. The fourth-order valence-corrected chi connectivity index (χ4v) is 1.69. The van der Waals surface area contributed by atoms with Gasteiger partial charge in [0.2, 0.25) is 0 Å². The summed E-state index contributed by atoms with van der Waals surface area (Å²) in [6, 6.07) is 6.86.